The van der Waals surface area contributed by atoms with Crippen LogP contribution in [-0.4, -0.2) is 22.2 Å². The summed E-state index contributed by atoms with van der Waals surface area (Å²) in [6.45, 7) is 0. The topological polar surface area (TPSA) is 37.9 Å². The lowest BCUT2D eigenvalue weighted by Gasteiger charge is -2.18. The molecule has 0 spiro atoms. The molecule has 4 heteroatoms. The molecule has 1 N–H and O–H groups in total. The Hall–Kier alpha value is -0.740. The van der Waals surface area contributed by atoms with E-state index >= 15 is 0 Å². The van der Waals surface area contributed by atoms with E-state index in [9.17, 15) is 0 Å². The van der Waals surface area contributed by atoms with E-state index < -0.39 is 0 Å². The zero-order chi connectivity index (χ0) is 11.4. The molecule has 3 heterocycles. The van der Waals surface area contributed by atoms with Crippen LogP contribution in [0.5, 0.6) is 0 Å². The summed E-state index contributed by atoms with van der Waals surface area (Å²) in [5, 5.41) is 0. The Bertz CT molecular complexity index is 508. The number of ether oxygens (including phenoxy) is 1. The second-order valence-corrected chi connectivity index (χ2v) is 5.97. The van der Waals surface area contributed by atoms with Crippen molar-refractivity contribution in [1.29, 1.82) is 0 Å². The second kappa shape index (κ2) is 3.62. The minimum Gasteiger partial charge on any atom is -0.374 e. The van der Waals surface area contributed by atoms with E-state index in [-0.39, 0.29) is 0 Å². The van der Waals surface area contributed by atoms with Crippen LogP contribution in [0.4, 0.5) is 0 Å². The van der Waals surface area contributed by atoms with E-state index in [4.69, 9.17) is 17.0 Å². The molecule has 90 valence electrons. The third-order valence-electron chi connectivity index (χ3n) is 4.26. The van der Waals surface area contributed by atoms with E-state index in [0.717, 1.165) is 16.9 Å². The van der Waals surface area contributed by atoms with Crippen molar-refractivity contribution in [3.63, 3.8) is 0 Å². The number of hydrogen-bond acceptors (Lipinski definition) is 3. The van der Waals surface area contributed by atoms with Crippen molar-refractivity contribution < 1.29 is 4.74 Å². The number of hydrogen-bond donors (Lipinski definition) is 1. The Labute approximate surface area is 106 Å². The highest BCUT2D eigenvalue weighted by Gasteiger charge is 2.42. The summed E-state index contributed by atoms with van der Waals surface area (Å²) in [5.41, 5.74) is 1.29. The van der Waals surface area contributed by atoms with Gasteiger partial charge in [-0.15, -0.1) is 0 Å². The quantitative estimate of drug-likeness (QED) is 0.817. The van der Waals surface area contributed by atoms with E-state index in [1.54, 1.807) is 0 Å². The molecular weight excluding hydrogens is 232 g/mol. The molecule has 3 fully saturated rings. The monoisotopic (exact) mass is 248 g/mol. The smallest absolute Gasteiger partial charge is 0.130 e. The lowest BCUT2D eigenvalue weighted by atomic mass is 9.88. The summed E-state index contributed by atoms with van der Waals surface area (Å²) >= 11 is 5.28. The fourth-order valence-electron chi connectivity index (χ4n) is 3.21. The summed E-state index contributed by atoms with van der Waals surface area (Å²) in [7, 11) is 0. The van der Waals surface area contributed by atoms with Gasteiger partial charge in [-0.05, 0) is 44.1 Å². The van der Waals surface area contributed by atoms with Crippen LogP contribution in [0.2, 0.25) is 0 Å². The van der Waals surface area contributed by atoms with Gasteiger partial charge < -0.3 is 9.72 Å². The average Bonchev–Trinajstić information content (AvgIpc) is 2.97. The Morgan fingerprint density at radius 1 is 1.29 bits per heavy atom. The molecule has 0 amide bonds. The number of nitrogens with one attached hydrogen (secondary N) is 1. The highest BCUT2D eigenvalue weighted by molar-refractivity contribution is 7.71. The van der Waals surface area contributed by atoms with Crippen LogP contribution in [0.15, 0.2) is 6.07 Å². The van der Waals surface area contributed by atoms with Gasteiger partial charge in [-0.2, -0.15) is 0 Å². The first-order chi connectivity index (χ1) is 8.29. The van der Waals surface area contributed by atoms with Crippen molar-refractivity contribution in [3.8, 4) is 0 Å². The standard InChI is InChI=1S/C13H16N2OS/c17-12-6-10(7-1-2-7)14-13(15-12)9-5-8-3-4-11(9)16-8/h6-9,11H,1-5H2,(H,14,15,17). The number of aromatic amines is 1. The zero-order valence-electron chi connectivity index (χ0n) is 9.69. The van der Waals surface area contributed by atoms with Gasteiger partial charge in [0.1, 0.15) is 10.5 Å². The maximum Gasteiger partial charge on any atom is 0.130 e. The van der Waals surface area contributed by atoms with Gasteiger partial charge >= 0.3 is 0 Å². The molecule has 1 aliphatic carbocycles. The summed E-state index contributed by atoms with van der Waals surface area (Å²) in [6.07, 6.45) is 6.97. The van der Waals surface area contributed by atoms with Crippen molar-refractivity contribution in [1.82, 2.24) is 9.97 Å². The zero-order valence-corrected chi connectivity index (χ0v) is 10.5. The normalized spacial score (nSPS) is 35.4. The van der Waals surface area contributed by atoms with E-state index in [2.05, 4.69) is 9.97 Å². The summed E-state index contributed by atoms with van der Waals surface area (Å²) in [5.74, 6) is 2.23. The lowest BCUT2D eigenvalue weighted by Crippen LogP contribution is -2.17. The predicted molar refractivity (Wildman–Crippen MR) is 66.6 cm³/mol. The molecule has 0 aromatic carbocycles. The Kier molecular flexibility index (Phi) is 2.18. The molecule has 3 nitrogen and oxygen atoms in total. The average molecular weight is 248 g/mol. The van der Waals surface area contributed by atoms with Crippen LogP contribution in [-0.2, 0) is 4.74 Å². The molecule has 2 saturated heterocycles. The molecule has 1 aromatic heterocycles. The van der Waals surface area contributed by atoms with Gasteiger partial charge in [-0.3, -0.25) is 0 Å². The van der Waals surface area contributed by atoms with Crippen molar-refractivity contribution in [3.05, 3.63) is 22.2 Å². The Morgan fingerprint density at radius 3 is 2.82 bits per heavy atom. The van der Waals surface area contributed by atoms with Gasteiger partial charge in [-0.25, -0.2) is 4.98 Å². The first-order valence-electron chi connectivity index (χ1n) is 6.56. The minimum absolute atomic E-state index is 0.382. The molecule has 0 radical (unpaired) electrons. The molecule has 2 aliphatic heterocycles. The van der Waals surface area contributed by atoms with Gasteiger partial charge in [0.2, 0.25) is 0 Å². The lowest BCUT2D eigenvalue weighted by molar-refractivity contribution is 0.0998. The van der Waals surface area contributed by atoms with Crippen LogP contribution in [0.3, 0.4) is 0 Å². The molecule has 3 aliphatic rings. The Morgan fingerprint density at radius 2 is 2.18 bits per heavy atom. The molecule has 2 bridgehead atoms. The van der Waals surface area contributed by atoms with Crippen LogP contribution in [0.1, 0.15) is 55.5 Å². The third kappa shape index (κ3) is 1.74. The van der Waals surface area contributed by atoms with Gasteiger partial charge in [-0.1, -0.05) is 12.2 Å². The highest BCUT2D eigenvalue weighted by Crippen LogP contribution is 2.44. The molecule has 1 aromatic rings. The SMILES string of the molecule is S=c1cc(C2CC2)[nH]c(C2CC3CCC2O3)n1. The first-order valence-corrected chi connectivity index (χ1v) is 6.97. The predicted octanol–water partition coefficient (Wildman–Crippen LogP) is 3.05. The fourth-order valence-corrected chi connectivity index (χ4v) is 3.44. The van der Waals surface area contributed by atoms with E-state index in [1.165, 1.54) is 31.4 Å². The van der Waals surface area contributed by atoms with Crippen LogP contribution >= 0.6 is 12.2 Å². The highest BCUT2D eigenvalue weighted by atomic mass is 32.1. The van der Waals surface area contributed by atoms with E-state index in [0.29, 0.717) is 24.0 Å². The van der Waals surface area contributed by atoms with Crippen LogP contribution in [0, 0.1) is 4.64 Å². The van der Waals surface area contributed by atoms with Crippen molar-refractivity contribution in [2.45, 2.75) is 56.1 Å². The van der Waals surface area contributed by atoms with Gasteiger partial charge in [0.05, 0.1) is 12.2 Å². The minimum atomic E-state index is 0.382. The molecule has 4 rings (SSSR count). The largest absolute Gasteiger partial charge is 0.374 e. The third-order valence-corrected chi connectivity index (χ3v) is 4.47. The van der Waals surface area contributed by atoms with Crippen molar-refractivity contribution in [2.75, 3.05) is 0 Å². The second-order valence-electron chi connectivity index (χ2n) is 5.55. The molecule has 3 atom stereocenters. The molecule has 3 unspecified atom stereocenters. The number of fused-ring (bicyclic) bond motifs is 2. The maximum absolute atomic E-state index is 5.90. The number of nitrogens with zero attached hydrogens (tertiary/aromatic N) is 1. The van der Waals surface area contributed by atoms with Gasteiger partial charge in [0.25, 0.3) is 0 Å². The molecule has 17 heavy (non-hydrogen) atoms. The van der Waals surface area contributed by atoms with Crippen molar-refractivity contribution >= 4 is 12.2 Å². The number of aromatic nitrogens is 2. The summed E-state index contributed by atoms with van der Waals surface area (Å²) < 4.78 is 6.64. The summed E-state index contributed by atoms with van der Waals surface area (Å²) in [4.78, 5) is 8.04. The molecular formula is C13H16N2OS. The number of H-pyrrole nitrogens is 1. The number of rotatable bonds is 2. The first kappa shape index (κ1) is 10.2. The summed E-state index contributed by atoms with van der Waals surface area (Å²) in [6, 6.07) is 2.03. The van der Waals surface area contributed by atoms with Crippen molar-refractivity contribution in [2.24, 2.45) is 0 Å². The van der Waals surface area contributed by atoms with Crippen LogP contribution < -0.4 is 0 Å². The van der Waals surface area contributed by atoms with E-state index in [1.807, 2.05) is 6.07 Å². The van der Waals surface area contributed by atoms with Crippen LogP contribution in [0.25, 0.3) is 0 Å². The molecule has 1 saturated carbocycles. The van der Waals surface area contributed by atoms with Gasteiger partial charge in [0.15, 0.2) is 0 Å². The fraction of sp³-hybridized carbons (Fsp3) is 0.692. The van der Waals surface area contributed by atoms with Gasteiger partial charge in [0, 0.05) is 11.6 Å². The Balaban J connectivity index is 1.70. The maximum atomic E-state index is 5.90.